The van der Waals surface area contributed by atoms with Gasteiger partial charge in [-0.15, -0.1) is 0 Å². The molecule has 3 aromatic rings. The van der Waals surface area contributed by atoms with E-state index in [0.29, 0.717) is 0 Å². The molecule has 1 aliphatic rings. The summed E-state index contributed by atoms with van der Waals surface area (Å²) < 4.78 is 0. The van der Waals surface area contributed by atoms with Crippen molar-refractivity contribution >= 4 is 23.3 Å². The zero-order chi connectivity index (χ0) is 25.3. The van der Waals surface area contributed by atoms with Crippen molar-refractivity contribution in [3.05, 3.63) is 110 Å². The molecule has 12 heteroatoms. The van der Waals surface area contributed by atoms with Crippen LogP contribution in [0.15, 0.2) is 73.1 Å². The molecule has 34 heavy (non-hydrogen) atoms. The summed E-state index contributed by atoms with van der Waals surface area (Å²) in [6, 6.07) is 13.4. The van der Waals surface area contributed by atoms with Crippen LogP contribution in [0.25, 0.3) is 0 Å². The molecule has 1 aliphatic carbocycles. The van der Waals surface area contributed by atoms with Crippen LogP contribution in [0.2, 0.25) is 0 Å². The smallest absolute Gasteiger partial charge is 0.335 e. The second kappa shape index (κ2) is 11.2. The van der Waals surface area contributed by atoms with Crippen molar-refractivity contribution in [3.8, 4) is 0 Å². The first kappa shape index (κ1) is 25.5. The molecule has 176 valence electrons. The lowest BCUT2D eigenvalue weighted by molar-refractivity contribution is -0.385. The highest BCUT2D eigenvalue weighted by atomic mass is 16.6. The first-order chi connectivity index (χ1) is 16.0. The van der Waals surface area contributed by atoms with Gasteiger partial charge >= 0.3 is 11.9 Å². The molecular weight excluding hydrogens is 448 g/mol. The minimum Gasteiger partial charge on any atom is -0.478 e. The van der Waals surface area contributed by atoms with Gasteiger partial charge in [0.15, 0.2) is 0 Å². The molecule has 12 nitrogen and oxygen atoms in total. The molecule has 0 unspecified atom stereocenters. The normalized spacial score (nSPS) is 12.6. The number of nitro groups is 2. The van der Waals surface area contributed by atoms with E-state index in [1.807, 2.05) is 18.3 Å². The van der Waals surface area contributed by atoms with Crippen molar-refractivity contribution in [2.24, 2.45) is 5.73 Å². The summed E-state index contributed by atoms with van der Waals surface area (Å²) in [6.45, 7) is 0. The standard InChI is InChI=1S/C8H10N2.2C7H5NO4/c9-8(3-4-8)7-2-1-5-10-6-7;2*9-7(10)5-1-3-6(4-2-5)8(11)12/h1-2,5-6H,3-4,9H2;2*1-4H,(H,9,10). The predicted octanol–water partition coefficient (Wildman–Crippen LogP) is 3.62. The molecule has 0 bridgehead atoms. The average Bonchev–Trinajstić information content (AvgIpc) is 3.59. The Morgan fingerprint density at radius 2 is 1.24 bits per heavy atom. The molecule has 4 N–H and O–H groups in total. The topological polar surface area (TPSA) is 200 Å². The lowest BCUT2D eigenvalue weighted by Gasteiger charge is -2.05. The van der Waals surface area contributed by atoms with Gasteiger partial charge in [-0.3, -0.25) is 25.2 Å². The van der Waals surface area contributed by atoms with E-state index in [9.17, 15) is 29.8 Å². The van der Waals surface area contributed by atoms with Crippen molar-refractivity contribution in [1.82, 2.24) is 4.98 Å². The molecule has 1 aromatic heterocycles. The van der Waals surface area contributed by atoms with Crippen LogP contribution in [-0.4, -0.2) is 37.0 Å². The number of nitro benzene ring substituents is 2. The van der Waals surface area contributed by atoms with Crippen LogP contribution in [0.5, 0.6) is 0 Å². The van der Waals surface area contributed by atoms with Crippen molar-refractivity contribution < 1.29 is 29.6 Å². The summed E-state index contributed by atoms with van der Waals surface area (Å²) in [6.07, 6.45) is 5.85. The number of non-ortho nitro benzene ring substituents is 2. The van der Waals surface area contributed by atoms with Gasteiger partial charge in [-0.25, -0.2) is 9.59 Å². The third-order valence-electron chi connectivity index (χ3n) is 4.68. The van der Waals surface area contributed by atoms with Gasteiger partial charge < -0.3 is 15.9 Å². The Hall–Kier alpha value is -4.71. The summed E-state index contributed by atoms with van der Waals surface area (Å²) in [5.74, 6) is -2.19. The number of rotatable bonds is 5. The maximum absolute atomic E-state index is 10.3. The molecule has 2 aromatic carbocycles. The predicted molar refractivity (Wildman–Crippen MR) is 119 cm³/mol. The Balaban J connectivity index is 0.000000181. The number of carboxylic acids is 2. The molecular formula is C22H20N4O8. The van der Waals surface area contributed by atoms with E-state index in [4.69, 9.17) is 15.9 Å². The highest BCUT2D eigenvalue weighted by molar-refractivity contribution is 5.88. The second-order valence-electron chi connectivity index (χ2n) is 7.12. The Bertz CT molecular complexity index is 1030. The van der Waals surface area contributed by atoms with E-state index in [1.54, 1.807) is 6.20 Å². The Morgan fingerprint density at radius 3 is 1.50 bits per heavy atom. The molecule has 1 heterocycles. The summed E-state index contributed by atoms with van der Waals surface area (Å²) in [7, 11) is 0. The molecule has 1 saturated carbocycles. The van der Waals surface area contributed by atoms with E-state index in [1.165, 1.54) is 29.8 Å². The van der Waals surface area contributed by atoms with E-state index < -0.39 is 21.8 Å². The average molecular weight is 468 g/mol. The molecule has 0 atom stereocenters. The Kier molecular flexibility index (Phi) is 8.45. The SMILES string of the molecule is NC1(c2cccnc2)CC1.O=C(O)c1ccc([N+](=O)[O-])cc1.O=C(O)c1ccc([N+](=O)[O-])cc1. The van der Waals surface area contributed by atoms with Crippen molar-refractivity contribution in [1.29, 1.82) is 0 Å². The number of nitrogens with two attached hydrogens (primary N) is 1. The fourth-order valence-corrected chi connectivity index (χ4v) is 2.53. The van der Waals surface area contributed by atoms with E-state index in [0.717, 1.165) is 37.1 Å². The number of carbonyl (C=O) groups is 2. The quantitative estimate of drug-likeness (QED) is 0.367. The molecule has 0 radical (unpaired) electrons. The van der Waals surface area contributed by atoms with Gasteiger partial charge in [-0.2, -0.15) is 0 Å². The molecule has 0 spiro atoms. The number of benzene rings is 2. The van der Waals surface area contributed by atoms with Gasteiger partial charge in [0.05, 0.1) is 21.0 Å². The van der Waals surface area contributed by atoms with Crippen LogP contribution >= 0.6 is 0 Å². The number of pyridine rings is 1. The lowest BCUT2D eigenvalue weighted by atomic mass is 10.1. The lowest BCUT2D eigenvalue weighted by Crippen LogP contribution is -2.18. The van der Waals surface area contributed by atoms with Crippen molar-refractivity contribution in [2.75, 3.05) is 0 Å². The van der Waals surface area contributed by atoms with Crippen LogP contribution in [0.1, 0.15) is 39.1 Å². The third-order valence-corrected chi connectivity index (χ3v) is 4.68. The van der Waals surface area contributed by atoms with Gasteiger partial charge in [0.25, 0.3) is 11.4 Å². The number of aromatic nitrogens is 1. The van der Waals surface area contributed by atoms with Crippen LogP contribution in [0.4, 0.5) is 11.4 Å². The largest absolute Gasteiger partial charge is 0.478 e. The molecule has 4 rings (SSSR count). The first-order valence-corrected chi connectivity index (χ1v) is 9.68. The van der Waals surface area contributed by atoms with Crippen molar-refractivity contribution in [2.45, 2.75) is 18.4 Å². The number of nitrogens with zero attached hydrogens (tertiary/aromatic N) is 3. The summed E-state index contributed by atoms with van der Waals surface area (Å²) in [5, 5.41) is 37.2. The Labute approximate surface area is 192 Å². The van der Waals surface area contributed by atoms with Gasteiger partial charge in [0.1, 0.15) is 0 Å². The summed E-state index contributed by atoms with van der Waals surface area (Å²) in [5.41, 5.74) is 6.95. The third kappa shape index (κ3) is 7.46. The van der Waals surface area contributed by atoms with E-state index in [2.05, 4.69) is 4.98 Å². The molecule has 0 saturated heterocycles. The number of aromatic carboxylic acids is 2. The van der Waals surface area contributed by atoms with Gasteiger partial charge in [0.2, 0.25) is 0 Å². The summed E-state index contributed by atoms with van der Waals surface area (Å²) >= 11 is 0. The van der Waals surface area contributed by atoms with Gasteiger partial charge in [0, 0.05) is 42.2 Å². The van der Waals surface area contributed by atoms with E-state index >= 15 is 0 Å². The molecule has 1 fully saturated rings. The Morgan fingerprint density at radius 1 is 0.824 bits per heavy atom. The van der Waals surface area contributed by atoms with E-state index in [-0.39, 0.29) is 28.0 Å². The molecule has 0 amide bonds. The first-order valence-electron chi connectivity index (χ1n) is 9.68. The number of carboxylic acid groups (broad SMARTS) is 2. The second-order valence-corrected chi connectivity index (χ2v) is 7.12. The van der Waals surface area contributed by atoms with Crippen LogP contribution in [-0.2, 0) is 5.54 Å². The maximum Gasteiger partial charge on any atom is 0.335 e. The maximum atomic E-state index is 10.3. The van der Waals surface area contributed by atoms with Crippen LogP contribution in [0, 0.1) is 20.2 Å². The fraction of sp³-hybridized carbons (Fsp3) is 0.136. The van der Waals surface area contributed by atoms with Crippen LogP contribution < -0.4 is 5.73 Å². The zero-order valence-electron chi connectivity index (χ0n) is 17.6. The monoisotopic (exact) mass is 468 g/mol. The number of hydrogen-bond acceptors (Lipinski definition) is 8. The minimum absolute atomic E-state index is 0.0196. The molecule has 0 aliphatic heterocycles. The van der Waals surface area contributed by atoms with Crippen LogP contribution in [0.3, 0.4) is 0 Å². The van der Waals surface area contributed by atoms with Gasteiger partial charge in [-0.05, 0) is 48.7 Å². The fourth-order valence-electron chi connectivity index (χ4n) is 2.53. The van der Waals surface area contributed by atoms with Gasteiger partial charge in [-0.1, -0.05) is 6.07 Å². The highest BCUT2D eigenvalue weighted by Gasteiger charge is 2.39. The summed E-state index contributed by atoms with van der Waals surface area (Å²) in [4.78, 5) is 43.8. The highest BCUT2D eigenvalue weighted by Crippen LogP contribution is 2.41. The number of hydrogen-bond donors (Lipinski definition) is 3. The zero-order valence-corrected chi connectivity index (χ0v) is 17.6. The minimum atomic E-state index is -1.09. The van der Waals surface area contributed by atoms with Crippen molar-refractivity contribution in [3.63, 3.8) is 0 Å².